The molecule has 1 saturated heterocycles. The first-order valence-electron chi connectivity index (χ1n) is 8.27. The first-order chi connectivity index (χ1) is 13.7. The molecule has 1 aromatic heterocycles. The summed E-state index contributed by atoms with van der Waals surface area (Å²) in [6, 6.07) is 5.14. The van der Waals surface area contributed by atoms with Crippen LogP contribution < -0.4 is 10.1 Å². The fourth-order valence-electron chi connectivity index (χ4n) is 2.37. The van der Waals surface area contributed by atoms with E-state index in [0.29, 0.717) is 0 Å². The molecule has 0 saturated carbocycles. The number of methoxy groups -OCH3 is 1. The average Bonchev–Trinajstić information content (AvgIpc) is 3.09. The minimum absolute atomic E-state index is 0.102. The van der Waals surface area contributed by atoms with Crippen molar-refractivity contribution < 1.29 is 37.7 Å². The number of esters is 3. The molecule has 1 aliphatic heterocycles. The van der Waals surface area contributed by atoms with Crippen molar-refractivity contribution in [1.29, 1.82) is 0 Å². The van der Waals surface area contributed by atoms with E-state index in [4.69, 9.17) is 18.9 Å². The van der Waals surface area contributed by atoms with Crippen LogP contribution in [0.4, 0.5) is 10.1 Å². The minimum Gasteiger partial charge on any atom is -0.465 e. The fraction of sp³-hybridized carbons (Fsp3) is 0.211. The molecule has 2 aromatic rings. The van der Waals surface area contributed by atoms with Gasteiger partial charge >= 0.3 is 17.9 Å². The highest BCUT2D eigenvalue weighted by Gasteiger charge is 2.39. The third-order valence-corrected chi connectivity index (χ3v) is 4.53. The normalized spacial score (nSPS) is 15.2. The summed E-state index contributed by atoms with van der Waals surface area (Å²) < 4.78 is 34.1. The summed E-state index contributed by atoms with van der Waals surface area (Å²) in [4.78, 5) is 36.1. The van der Waals surface area contributed by atoms with Gasteiger partial charge in [-0.3, -0.25) is 0 Å². The molecule has 10 heteroatoms. The highest BCUT2D eigenvalue weighted by molar-refractivity contribution is 7.12. The molecule has 0 bridgehead atoms. The Labute approximate surface area is 168 Å². The number of cyclic esters (lactones) is 2. The Bertz CT molecular complexity index is 990. The van der Waals surface area contributed by atoms with Crippen LogP contribution in [0.15, 0.2) is 41.4 Å². The number of carbonyl (C=O) groups is 3. The lowest BCUT2D eigenvalue weighted by molar-refractivity contribution is -0.222. The molecule has 1 N–H and O–H groups in total. The van der Waals surface area contributed by atoms with Crippen LogP contribution in [-0.4, -0.2) is 30.8 Å². The van der Waals surface area contributed by atoms with Gasteiger partial charge in [-0.15, -0.1) is 11.3 Å². The van der Waals surface area contributed by atoms with Crippen molar-refractivity contribution in [2.24, 2.45) is 0 Å². The highest BCUT2D eigenvalue weighted by atomic mass is 32.1. The molecule has 1 aromatic carbocycles. The van der Waals surface area contributed by atoms with Crippen molar-refractivity contribution in [3.63, 3.8) is 0 Å². The number of anilines is 1. The van der Waals surface area contributed by atoms with Gasteiger partial charge in [0.2, 0.25) is 0 Å². The Morgan fingerprint density at radius 3 is 2.52 bits per heavy atom. The van der Waals surface area contributed by atoms with Crippen LogP contribution in [0.3, 0.4) is 0 Å². The lowest BCUT2D eigenvalue weighted by Gasteiger charge is -2.29. The van der Waals surface area contributed by atoms with Gasteiger partial charge in [-0.05, 0) is 23.6 Å². The van der Waals surface area contributed by atoms with Gasteiger partial charge in [-0.25, -0.2) is 18.8 Å². The summed E-state index contributed by atoms with van der Waals surface area (Å²) in [5.74, 6) is -3.96. The molecule has 0 aliphatic carbocycles. The van der Waals surface area contributed by atoms with Crippen LogP contribution >= 0.6 is 11.3 Å². The summed E-state index contributed by atoms with van der Waals surface area (Å²) in [6.07, 6.45) is 1.04. The van der Waals surface area contributed by atoms with Crippen molar-refractivity contribution in [2.75, 3.05) is 12.4 Å². The molecule has 0 amide bonds. The second-order valence-electron chi connectivity index (χ2n) is 6.23. The zero-order chi connectivity index (χ0) is 21.2. The lowest BCUT2D eigenvalue weighted by atomic mass is 10.2. The molecule has 1 fully saturated rings. The van der Waals surface area contributed by atoms with Gasteiger partial charge in [0.05, 0.1) is 12.8 Å². The van der Waals surface area contributed by atoms with E-state index < -0.39 is 35.1 Å². The van der Waals surface area contributed by atoms with Gasteiger partial charge < -0.3 is 24.3 Å². The van der Waals surface area contributed by atoms with E-state index in [0.717, 1.165) is 29.7 Å². The largest absolute Gasteiger partial charge is 0.465 e. The first kappa shape index (κ1) is 20.3. The number of benzene rings is 1. The third-order valence-electron chi connectivity index (χ3n) is 3.65. The quantitative estimate of drug-likeness (QED) is 0.444. The summed E-state index contributed by atoms with van der Waals surface area (Å²) in [6.45, 7) is 2.84. The number of hydrogen-bond acceptors (Lipinski definition) is 9. The van der Waals surface area contributed by atoms with Crippen LogP contribution in [0.5, 0.6) is 11.5 Å². The van der Waals surface area contributed by atoms with Crippen LogP contribution in [0.2, 0.25) is 0 Å². The Balaban J connectivity index is 1.87. The molecular formula is C19H16FNO7S. The monoisotopic (exact) mass is 421 g/mol. The molecule has 0 unspecified atom stereocenters. The van der Waals surface area contributed by atoms with E-state index in [2.05, 4.69) is 5.32 Å². The maximum absolute atomic E-state index is 13.7. The van der Waals surface area contributed by atoms with Crippen LogP contribution in [0, 0.1) is 5.82 Å². The maximum atomic E-state index is 13.7. The molecule has 0 radical (unpaired) electrons. The predicted octanol–water partition coefficient (Wildman–Crippen LogP) is 3.60. The molecule has 0 atom stereocenters. The van der Waals surface area contributed by atoms with Gasteiger partial charge in [0.15, 0.2) is 21.9 Å². The van der Waals surface area contributed by atoms with Crippen LogP contribution in [-0.2, 0) is 23.8 Å². The zero-order valence-electron chi connectivity index (χ0n) is 15.6. The Kier molecular flexibility index (Phi) is 5.55. The number of ether oxygens (including phenoxy) is 4. The van der Waals surface area contributed by atoms with E-state index in [9.17, 15) is 18.8 Å². The number of carbonyl (C=O) groups excluding carboxylic acids is 3. The van der Waals surface area contributed by atoms with Gasteiger partial charge in [0, 0.05) is 26.1 Å². The summed E-state index contributed by atoms with van der Waals surface area (Å²) in [7, 11) is 1.24. The van der Waals surface area contributed by atoms with Crippen molar-refractivity contribution >= 4 is 34.9 Å². The Morgan fingerprint density at radius 2 is 1.86 bits per heavy atom. The van der Waals surface area contributed by atoms with E-state index in [1.807, 2.05) is 0 Å². The lowest BCUT2D eigenvalue weighted by Crippen LogP contribution is -2.42. The van der Waals surface area contributed by atoms with Gasteiger partial charge in [0.1, 0.15) is 5.82 Å². The molecule has 29 heavy (non-hydrogen) atoms. The molecule has 0 spiro atoms. The summed E-state index contributed by atoms with van der Waals surface area (Å²) in [5.41, 5.74) is -0.296. The topological polar surface area (TPSA) is 100 Å². The summed E-state index contributed by atoms with van der Waals surface area (Å²) in [5, 5.41) is 4.28. The van der Waals surface area contributed by atoms with E-state index in [-0.39, 0.29) is 22.1 Å². The highest BCUT2D eigenvalue weighted by Crippen LogP contribution is 2.35. The second-order valence-corrected chi connectivity index (χ2v) is 7.15. The number of rotatable bonds is 5. The molecule has 1 aliphatic rings. The first-order valence-corrected chi connectivity index (χ1v) is 9.15. The SMILES string of the molecule is COC(=O)c1sccc1Oc1ccc(F)cc1NC=C1C(=O)OC(C)(C)OC1=O. The Morgan fingerprint density at radius 1 is 1.17 bits per heavy atom. The molecule has 2 heterocycles. The smallest absolute Gasteiger partial charge is 0.351 e. The molecule has 3 rings (SSSR count). The van der Waals surface area contributed by atoms with Crippen molar-refractivity contribution in [2.45, 2.75) is 19.6 Å². The van der Waals surface area contributed by atoms with Crippen LogP contribution in [0.25, 0.3) is 0 Å². The second kappa shape index (κ2) is 7.92. The van der Waals surface area contributed by atoms with Gasteiger partial charge in [0.25, 0.3) is 5.79 Å². The molecule has 152 valence electrons. The van der Waals surface area contributed by atoms with E-state index in [1.165, 1.54) is 27.0 Å². The van der Waals surface area contributed by atoms with Crippen molar-refractivity contribution in [1.82, 2.24) is 0 Å². The molecular weight excluding hydrogens is 405 g/mol. The van der Waals surface area contributed by atoms with Gasteiger partial charge in [-0.2, -0.15) is 0 Å². The number of halogens is 1. The van der Waals surface area contributed by atoms with Crippen molar-refractivity contribution in [3.8, 4) is 11.5 Å². The maximum Gasteiger partial charge on any atom is 0.351 e. The number of hydrogen-bond donors (Lipinski definition) is 1. The number of nitrogens with one attached hydrogen (secondary N) is 1. The van der Waals surface area contributed by atoms with Crippen molar-refractivity contribution in [3.05, 3.63) is 52.1 Å². The van der Waals surface area contributed by atoms with E-state index >= 15 is 0 Å². The van der Waals surface area contributed by atoms with Gasteiger partial charge in [-0.1, -0.05) is 0 Å². The third kappa shape index (κ3) is 4.54. The standard InChI is InChI=1S/C19H16FNO7S/c1-19(2)27-16(22)11(17(23)28-19)9-21-12-8-10(20)4-5-13(12)26-14-6-7-29-15(14)18(24)25-3/h4-9,21H,1-3H3. The van der Waals surface area contributed by atoms with Crippen LogP contribution in [0.1, 0.15) is 23.5 Å². The fourth-order valence-corrected chi connectivity index (χ4v) is 3.10. The number of thiophene rings is 1. The summed E-state index contributed by atoms with van der Waals surface area (Å²) >= 11 is 1.12. The minimum atomic E-state index is -1.37. The predicted molar refractivity (Wildman–Crippen MR) is 100 cm³/mol. The zero-order valence-corrected chi connectivity index (χ0v) is 16.4. The molecule has 8 nitrogen and oxygen atoms in total. The van der Waals surface area contributed by atoms with E-state index in [1.54, 1.807) is 11.4 Å². The average molecular weight is 421 g/mol. The Hall–Kier alpha value is -3.40.